The lowest BCUT2D eigenvalue weighted by atomic mass is 10.1. The van der Waals surface area contributed by atoms with Gasteiger partial charge in [0.15, 0.2) is 0 Å². The highest BCUT2D eigenvalue weighted by molar-refractivity contribution is 7.16. The summed E-state index contributed by atoms with van der Waals surface area (Å²) < 4.78 is 0. The first-order valence-corrected chi connectivity index (χ1v) is 7.36. The lowest BCUT2D eigenvalue weighted by Gasteiger charge is -2.11. The number of nitrogens with zero attached hydrogens (tertiary/aromatic N) is 3. The van der Waals surface area contributed by atoms with E-state index in [2.05, 4.69) is 26.7 Å². The number of rotatable bonds is 2. The highest BCUT2D eigenvalue weighted by Gasteiger charge is 2.22. The third kappa shape index (κ3) is 2.63. The zero-order valence-electron chi connectivity index (χ0n) is 11.4. The molecule has 0 saturated carbocycles. The van der Waals surface area contributed by atoms with Crippen LogP contribution in [0.2, 0.25) is 0 Å². The Morgan fingerprint density at radius 2 is 2.33 bits per heavy atom. The molecule has 21 heavy (non-hydrogen) atoms. The zero-order valence-corrected chi connectivity index (χ0v) is 12.3. The molecule has 1 aliphatic rings. The molecule has 1 aliphatic heterocycles. The molecule has 0 unspecified atom stereocenters. The number of nitriles is 1. The monoisotopic (exact) mass is 299 g/mol. The standard InChI is InChI=1S/C14H13N5OS/c1-8-5-18-11(6-17-8)13(20)19-14-10(4-15)9-2-3-16-7-12(9)21-14/h5-6,16H,2-3,7H2,1H3,(H,19,20). The maximum absolute atomic E-state index is 12.2. The highest BCUT2D eigenvalue weighted by atomic mass is 32.1. The number of amides is 1. The number of aryl methyl sites for hydroxylation is 1. The number of aromatic nitrogens is 2. The predicted octanol–water partition coefficient (Wildman–Crippen LogP) is 1.62. The van der Waals surface area contributed by atoms with Gasteiger partial charge in [-0.15, -0.1) is 11.3 Å². The highest BCUT2D eigenvalue weighted by Crippen LogP contribution is 2.34. The molecule has 2 aromatic rings. The van der Waals surface area contributed by atoms with E-state index in [-0.39, 0.29) is 11.6 Å². The van der Waals surface area contributed by atoms with Gasteiger partial charge in [0.1, 0.15) is 16.8 Å². The van der Waals surface area contributed by atoms with Crippen molar-refractivity contribution in [1.82, 2.24) is 15.3 Å². The maximum Gasteiger partial charge on any atom is 0.276 e. The van der Waals surface area contributed by atoms with Crippen LogP contribution in [0.15, 0.2) is 12.4 Å². The number of carbonyl (C=O) groups is 1. The third-order valence-electron chi connectivity index (χ3n) is 3.28. The van der Waals surface area contributed by atoms with Gasteiger partial charge in [-0.1, -0.05) is 0 Å². The lowest BCUT2D eigenvalue weighted by Crippen LogP contribution is -2.22. The molecule has 0 saturated heterocycles. The molecule has 0 aromatic carbocycles. The van der Waals surface area contributed by atoms with Crippen LogP contribution in [0.3, 0.4) is 0 Å². The van der Waals surface area contributed by atoms with Gasteiger partial charge in [0.05, 0.1) is 17.5 Å². The van der Waals surface area contributed by atoms with Crippen molar-refractivity contribution >= 4 is 22.2 Å². The summed E-state index contributed by atoms with van der Waals surface area (Å²) in [6.45, 7) is 3.41. The Morgan fingerprint density at radius 1 is 1.48 bits per heavy atom. The lowest BCUT2D eigenvalue weighted by molar-refractivity contribution is 0.102. The molecule has 0 fully saturated rings. The van der Waals surface area contributed by atoms with Gasteiger partial charge in [-0.3, -0.25) is 9.78 Å². The van der Waals surface area contributed by atoms with Gasteiger partial charge in [-0.05, 0) is 25.5 Å². The quantitative estimate of drug-likeness (QED) is 0.879. The molecule has 0 radical (unpaired) electrons. The van der Waals surface area contributed by atoms with Crippen molar-refractivity contribution < 1.29 is 4.79 Å². The van der Waals surface area contributed by atoms with Crippen molar-refractivity contribution in [2.24, 2.45) is 0 Å². The second-order valence-electron chi connectivity index (χ2n) is 4.74. The van der Waals surface area contributed by atoms with E-state index >= 15 is 0 Å². The minimum atomic E-state index is -0.342. The van der Waals surface area contributed by atoms with Crippen LogP contribution in [0, 0.1) is 18.3 Å². The molecule has 0 aliphatic carbocycles. The van der Waals surface area contributed by atoms with E-state index in [9.17, 15) is 10.1 Å². The molecule has 0 atom stereocenters. The zero-order chi connectivity index (χ0) is 14.8. The minimum absolute atomic E-state index is 0.244. The fourth-order valence-corrected chi connectivity index (χ4v) is 3.38. The molecule has 3 heterocycles. The van der Waals surface area contributed by atoms with Gasteiger partial charge in [0, 0.05) is 17.6 Å². The number of nitrogens with one attached hydrogen (secondary N) is 2. The molecular formula is C14H13N5OS. The van der Waals surface area contributed by atoms with Gasteiger partial charge in [0.25, 0.3) is 5.91 Å². The van der Waals surface area contributed by atoms with Crippen molar-refractivity contribution in [1.29, 1.82) is 5.26 Å². The van der Waals surface area contributed by atoms with Crippen LogP contribution >= 0.6 is 11.3 Å². The van der Waals surface area contributed by atoms with Crippen molar-refractivity contribution in [3.8, 4) is 6.07 Å². The van der Waals surface area contributed by atoms with Crippen LogP contribution in [-0.2, 0) is 13.0 Å². The molecule has 7 heteroatoms. The van der Waals surface area contributed by atoms with Crippen molar-refractivity contribution in [3.63, 3.8) is 0 Å². The van der Waals surface area contributed by atoms with E-state index in [1.54, 1.807) is 6.20 Å². The van der Waals surface area contributed by atoms with E-state index in [4.69, 9.17) is 0 Å². The summed E-state index contributed by atoms with van der Waals surface area (Å²) in [5.41, 5.74) is 2.62. The summed E-state index contributed by atoms with van der Waals surface area (Å²) in [6.07, 6.45) is 3.80. The number of anilines is 1. The number of hydrogen-bond acceptors (Lipinski definition) is 6. The number of thiophene rings is 1. The number of hydrogen-bond donors (Lipinski definition) is 2. The van der Waals surface area contributed by atoms with Crippen LogP contribution in [0.1, 0.15) is 32.2 Å². The molecule has 0 spiro atoms. The Labute approximate surface area is 125 Å². The fraction of sp³-hybridized carbons (Fsp3) is 0.286. The van der Waals surface area contributed by atoms with E-state index in [1.807, 2.05) is 6.92 Å². The molecule has 1 amide bonds. The van der Waals surface area contributed by atoms with E-state index < -0.39 is 0 Å². The third-order valence-corrected chi connectivity index (χ3v) is 4.43. The van der Waals surface area contributed by atoms with Crippen molar-refractivity contribution in [3.05, 3.63) is 39.8 Å². The average Bonchev–Trinajstić information content (AvgIpc) is 2.84. The maximum atomic E-state index is 12.2. The topological polar surface area (TPSA) is 90.7 Å². The number of carbonyl (C=O) groups excluding carboxylic acids is 1. The predicted molar refractivity (Wildman–Crippen MR) is 79.2 cm³/mol. The second-order valence-corrected chi connectivity index (χ2v) is 5.85. The summed E-state index contributed by atoms with van der Waals surface area (Å²) in [7, 11) is 0. The Hall–Kier alpha value is -2.30. The largest absolute Gasteiger partial charge is 0.312 e. The Morgan fingerprint density at radius 3 is 3.05 bits per heavy atom. The van der Waals surface area contributed by atoms with Crippen LogP contribution in [-0.4, -0.2) is 22.4 Å². The summed E-state index contributed by atoms with van der Waals surface area (Å²) >= 11 is 1.45. The molecule has 106 valence electrons. The molecule has 3 rings (SSSR count). The minimum Gasteiger partial charge on any atom is -0.312 e. The summed E-state index contributed by atoms with van der Waals surface area (Å²) in [5, 5.41) is 16.0. The summed E-state index contributed by atoms with van der Waals surface area (Å²) in [4.78, 5) is 21.4. The molecular weight excluding hydrogens is 286 g/mol. The SMILES string of the molecule is Cc1cnc(C(=O)Nc2sc3c(c2C#N)CCNC3)cn1. The Bertz CT molecular complexity index is 729. The molecule has 2 N–H and O–H groups in total. The Kier molecular flexibility index (Phi) is 3.64. The normalized spacial score (nSPS) is 13.3. The van der Waals surface area contributed by atoms with Crippen molar-refractivity contribution in [2.45, 2.75) is 19.9 Å². The van der Waals surface area contributed by atoms with Crippen molar-refractivity contribution in [2.75, 3.05) is 11.9 Å². The Balaban J connectivity index is 1.88. The van der Waals surface area contributed by atoms with Crippen LogP contribution < -0.4 is 10.6 Å². The summed E-state index contributed by atoms with van der Waals surface area (Å²) in [6, 6.07) is 2.20. The van der Waals surface area contributed by atoms with Gasteiger partial charge in [-0.25, -0.2) is 4.98 Å². The average molecular weight is 299 g/mol. The van der Waals surface area contributed by atoms with Crippen LogP contribution in [0.5, 0.6) is 0 Å². The first-order chi connectivity index (χ1) is 10.2. The smallest absolute Gasteiger partial charge is 0.276 e. The first-order valence-electron chi connectivity index (χ1n) is 6.54. The molecule has 6 nitrogen and oxygen atoms in total. The van der Waals surface area contributed by atoms with Gasteiger partial charge in [-0.2, -0.15) is 5.26 Å². The van der Waals surface area contributed by atoms with Gasteiger partial charge < -0.3 is 10.6 Å². The van der Waals surface area contributed by atoms with Gasteiger partial charge in [0.2, 0.25) is 0 Å². The molecule has 0 bridgehead atoms. The van der Waals surface area contributed by atoms with E-state index in [0.717, 1.165) is 35.6 Å². The van der Waals surface area contributed by atoms with Crippen LogP contribution in [0.25, 0.3) is 0 Å². The first kappa shape index (κ1) is 13.7. The summed E-state index contributed by atoms with van der Waals surface area (Å²) in [5.74, 6) is -0.342. The van der Waals surface area contributed by atoms with E-state index in [1.165, 1.54) is 17.5 Å². The van der Waals surface area contributed by atoms with Crippen LogP contribution in [0.4, 0.5) is 5.00 Å². The fourth-order valence-electron chi connectivity index (χ4n) is 2.22. The number of fused-ring (bicyclic) bond motifs is 1. The van der Waals surface area contributed by atoms with Gasteiger partial charge >= 0.3 is 0 Å². The van der Waals surface area contributed by atoms with E-state index in [0.29, 0.717) is 10.6 Å². The molecule has 2 aromatic heterocycles. The second kappa shape index (κ2) is 5.60.